The minimum atomic E-state index is -0.363. The first-order valence-electron chi connectivity index (χ1n) is 6.18. The number of ether oxygens (including phenoxy) is 1. The second-order valence-corrected chi connectivity index (χ2v) is 5.26. The van der Waals surface area contributed by atoms with Gasteiger partial charge in [-0.1, -0.05) is 0 Å². The zero-order valence-electron chi connectivity index (χ0n) is 11.4. The molecule has 3 N–H and O–H groups in total. The smallest absolute Gasteiger partial charge is 0.268 e. The average Bonchev–Trinajstić information content (AvgIpc) is 3.00. The molecule has 0 atom stereocenters. The van der Waals surface area contributed by atoms with Crippen molar-refractivity contribution in [3.8, 4) is 0 Å². The standard InChI is InChI=1S/C13H17N3O3S/c1-8-12(20-7-15-8)3-4-18-6-10-5-11(9(2)19-10)13(17)16-14/h5,7H,3-4,6,14H2,1-2H3,(H,16,17). The normalized spacial score (nSPS) is 10.8. The van der Waals surface area contributed by atoms with Gasteiger partial charge in [0.05, 0.1) is 23.4 Å². The van der Waals surface area contributed by atoms with Gasteiger partial charge in [0.2, 0.25) is 0 Å². The van der Waals surface area contributed by atoms with E-state index in [9.17, 15) is 4.79 Å². The van der Waals surface area contributed by atoms with Crippen molar-refractivity contribution in [1.29, 1.82) is 0 Å². The van der Waals surface area contributed by atoms with E-state index >= 15 is 0 Å². The molecular formula is C13H17N3O3S. The third-order valence-corrected chi connectivity index (χ3v) is 3.90. The molecule has 1 amide bonds. The van der Waals surface area contributed by atoms with Crippen molar-refractivity contribution < 1.29 is 13.9 Å². The van der Waals surface area contributed by atoms with Crippen LogP contribution in [0.15, 0.2) is 16.0 Å². The number of aromatic nitrogens is 1. The maximum absolute atomic E-state index is 11.4. The minimum Gasteiger partial charge on any atom is -0.463 e. The molecule has 20 heavy (non-hydrogen) atoms. The largest absolute Gasteiger partial charge is 0.463 e. The van der Waals surface area contributed by atoms with Gasteiger partial charge in [-0.15, -0.1) is 11.3 Å². The highest BCUT2D eigenvalue weighted by molar-refractivity contribution is 7.09. The number of carbonyl (C=O) groups excluding carboxylic acids is 1. The molecule has 6 nitrogen and oxygen atoms in total. The van der Waals surface area contributed by atoms with E-state index in [1.807, 2.05) is 12.4 Å². The van der Waals surface area contributed by atoms with Crippen LogP contribution >= 0.6 is 11.3 Å². The lowest BCUT2D eigenvalue weighted by Crippen LogP contribution is -2.30. The molecule has 0 saturated carbocycles. The highest BCUT2D eigenvalue weighted by atomic mass is 32.1. The van der Waals surface area contributed by atoms with E-state index in [1.54, 1.807) is 24.3 Å². The number of hydrogen-bond acceptors (Lipinski definition) is 6. The maximum atomic E-state index is 11.4. The van der Waals surface area contributed by atoms with Crippen molar-refractivity contribution >= 4 is 17.2 Å². The van der Waals surface area contributed by atoms with E-state index in [1.165, 1.54) is 4.88 Å². The number of thiazole rings is 1. The predicted molar refractivity (Wildman–Crippen MR) is 75.3 cm³/mol. The molecule has 2 aromatic rings. The molecular weight excluding hydrogens is 278 g/mol. The number of aryl methyl sites for hydroxylation is 2. The van der Waals surface area contributed by atoms with Crippen LogP contribution < -0.4 is 11.3 Å². The fourth-order valence-corrected chi connectivity index (χ4v) is 2.58. The monoisotopic (exact) mass is 295 g/mol. The van der Waals surface area contributed by atoms with Crippen molar-refractivity contribution in [2.75, 3.05) is 6.61 Å². The molecule has 0 spiro atoms. The Morgan fingerprint density at radius 3 is 3.00 bits per heavy atom. The van der Waals surface area contributed by atoms with Crippen LogP contribution in [0.2, 0.25) is 0 Å². The Morgan fingerprint density at radius 1 is 1.55 bits per heavy atom. The number of nitrogens with one attached hydrogen (secondary N) is 1. The highest BCUT2D eigenvalue weighted by Crippen LogP contribution is 2.16. The first kappa shape index (κ1) is 14.7. The van der Waals surface area contributed by atoms with Crippen LogP contribution in [0.25, 0.3) is 0 Å². The van der Waals surface area contributed by atoms with Crippen LogP contribution in [-0.4, -0.2) is 17.5 Å². The lowest BCUT2D eigenvalue weighted by molar-refractivity contribution is 0.0952. The number of hydrazine groups is 1. The van der Waals surface area contributed by atoms with Gasteiger partial charge in [-0.25, -0.2) is 10.8 Å². The summed E-state index contributed by atoms with van der Waals surface area (Å²) >= 11 is 1.63. The first-order valence-corrected chi connectivity index (χ1v) is 7.06. The van der Waals surface area contributed by atoms with Crippen molar-refractivity contribution in [3.63, 3.8) is 0 Å². The number of nitrogens with zero attached hydrogens (tertiary/aromatic N) is 1. The van der Waals surface area contributed by atoms with Crippen LogP contribution in [0.1, 0.15) is 32.4 Å². The van der Waals surface area contributed by atoms with Crippen molar-refractivity contribution in [2.45, 2.75) is 26.9 Å². The molecule has 108 valence electrons. The number of nitrogens with two attached hydrogens (primary N) is 1. The Balaban J connectivity index is 1.83. The van der Waals surface area contributed by atoms with Gasteiger partial charge in [-0.05, 0) is 19.9 Å². The molecule has 0 unspecified atom stereocenters. The van der Waals surface area contributed by atoms with E-state index in [0.717, 1.165) is 12.1 Å². The second-order valence-electron chi connectivity index (χ2n) is 4.32. The summed E-state index contributed by atoms with van der Waals surface area (Å²) < 4.78 is 11.0. The molecule has 0 aliphatic carbocycles. The Bertz CT molecular complexity index is 591. The number of nitrogen functional groups attached to an aromatic ring is 1. The number of amides is 1. The second kappa shape index (κ2) is 6.65. The fourth-order valence-electron chi connectivity index (χ4n) is 1.82. The minimum absolute atomic E-state index is 0.330. The average molecular weight is 295 g/mol. The van der Waals surface area contributed by atoms with Crippen LogP contribution in [-0.2, 0) is 17.8 Å². The third kappa shape index (κ3) is 3.44. The molecule has 0 bridgehead atoms. The van der Waals surface area contributed by atoms with Gasteiger partial charge in [0.1, 0.15) is 18.1 Å². The van der Waals surface area contributed by atoms with Crippen molar-refractivity contribution in [1.82, 2.24) is 10.4 Å². The van der Waals surface area contributed by atoms with E-state index in [2.05, 4.69) is 10.4 Å². The molecule has 0 aliphatic rings. The summed E-state index contributed by atoms with van der Waals surface area (Å²) in [5, 5.41) is 0. The molecule has 2 aromatic heterocycles. The highest BCUT2D eigenvalue weighted by Gasteiger charge is 2.13. The lowest BCUT2D eigenvalue weighted by Gasteiger charge is -2.01. The maximum Gasteiger partial charge on any atom is 0.268 e. The Labute approximate surface area is 120 Å². The number of carbonyl (C=O) groups is 1. The van der Waals surface area contributed by atoms with Crippen LogP contribution in [0.5, 0.6) is 0 Å². The molecule has 0 saturated heterocycles. The molecule has 2 rings (SSSR count). The van der Waals surface area contributed by atoms with Crippen molar-refractivity contribution in [2.24, 2.45) is 5.84 Å². The third-order valence-electron chi connectivity index (χ3n) is 2.91. The summed E-state index contributed by atoms with van der Waals surface area (Å²) in [5.74, 6) is 5.88. The molecule has 0 aromatic carbocycles. The van der Waals surface area contributed by atoms with Gasteiger partial charge >= 0.3 is 0 Å². The zero-order chi connectivity index (χ0) is 14.5. The lowest BCUT2D eigenvalue weighted by atomic mass is 10.2. The van der Waals surface area contributed by atoms with E-state index in [4.69, 9.17) is 15.0 Å². The number of rotatable bonds is 6. The van der Waals surface area contributed by atoms with Gasteiger partial charge < -0.3 is 9.15 Å². The van der Waals surface area contributed by atoms with Gasteiger partial charge in [-0.2, -0.15) is 0 Å². The number of hydrogen-bond donors (Lipinski definition) is 2. The molecule has 0 radical (unpaired) electrons. The van der Waals surface area contributed by atoms with E-state index < -0.39 is 0 Å². The first-order chi connectivity index (χ1) is 9.61. The number of furan rings is 1. The summed E-state index contributed by atoms with van der Waals surface area (Å²) in [6.07, 6.45) is 0.826. The summed E-state index contributed by atoms with van der Waals surface area (Å²) in [7, 11) is 0. The fraction of sp³-hybridized carbons (Fsp3) is 0.385. The quantitative estimate of drug-likeness (QED) is 0.366. The van der Waals surface area contributed by atoms with Crippen LogP contribution in [0.4, 0.5) is 0 Å². The predicted octanol–water partition coefficient (Wildman–Crippen LogP) is 1.72. The summed E-state index contributed by atoms with van der Waals surface area (Å²) in [6, 6.07) is 1.65. The molecule has 0 aliphatic heterocycles. The Kier molecular flexibility index (Phi) is 4.89. The Morgan fingerprint density at radius 2 is 2.35 bits per heavy atom. The van der Waals surface area contributed by atoms with Crippen LogP contribution in [0, 0.1) is 13.8 Å². The molecule has 2 heterocycles. The van der Waals surface area contributed by atoms with Crippen LogP contribution in [0.3, 0.4) is 0 Å². The zero-order valence-corrected chi connectivity index (χ0v) is 12.3. The Hall–Kier alpha value is -1.70. The summed E-state index contributed by atoms with van der Waals surface area (Å²) in [5.41, 5.74) is 5.40. The van der Waals surface area contributed by atoms with Gasteiger partial charge in [-0.3, -0.25) is 10.2 Å². The molecule has 0 fully saturated rings. The van der Waals surface area contributed by atoms with Gasteiger partial charge in [0.25, 0.3) is 5.91 Å². The summed E-state index contributed by atoms with van der Waals surface area (Å²) in [4.78, 5) is 16.8. The van der Waals surface area contributed by atoms with Gasteiger partial charge in [0, 0.05) is 11.3 Å². The van der Waals surface area contributed by atoms with E-state index in [0.29, 0.717) is 30.3 Å². The van der Waals surface area contributed by atoms with Crippen molar-refractivity contribution in [3.05, 3.63) is 39.2 Å². The van der Waals surface area contributed by atoms with Gasteiger partial charge in [0.15, 0.2) is 0 Å². The summed E-state index contributed by atoms with van der Waals surface area (Å²) in [6.45, 7) is 4.62. The SMILES string of the molecule is Cc1ncsc1CCOCc1cc(C(=O)NN)c(C)o1. The topological polar surface area (TPSA) is 90.4 Å². The molecule has 7 heteroatoms. The van der Waals surface area contributed by atoms with E-state index in [-0.39, 0.29) is 5.91 Å².